The number of hydrogen-bond donors (Lipinski definition) is 2. The molecule has 3 rings (SSSR count). The summed E-state index contributed by atoms with van der Waals surface area (Å²) in [4.78, 5) is 3.25. The van der Waals surface area contributed by atoms with E-state index in [1.165, 1.54) is 29.3 Å². The van der Waals surface area contributed by atoms with E-state index < -0.39 is 0 Å². The van der Waals surface area contributed by atoms with Gasteiger partial charge >= 0.3 is 0 Å². The van der Waals surface area contributed by atoms with Crippen molar-refractivity contribution in [1.82, 2.24) is 10.3 Å². The zero-order valence-electron chi connectivity index (χ0n) is 11.3. The van der Waals surface area contributed by atoms with E-state index >= 15 is 0 Å². The molecular weight excluding hydrogens is 236 g/mol. The molecule has 1 aromatic carbocycles. The lowest BCUT2D eigenvalue weighted by Crippen LogP contribution is -2.16. The van der Waals surface area contributed by atoms with Gasteiger partial charge in [-0.3, -0.25) is 0 Å². The quantitative estimate of drug-likeness (QED) is 0.714. The normalized spacial score (nSPS) is 15.2. The molecule has 2 aromatic rings. The van der Waals surface area contributed by atoms with Gasteiger partial charge in [0.25, 0.3) is 0 Å². The maximum absolute atomic E-state index is 5.61. The number of fused-ring (bicyclic) bond motifs is 1. The van der Waals surface area contributed by atoms with Crippen LogP contribution in [0.3, 0.4) is 0 Å². The molecule has 0 saturated heterocycles. The summed E-state index contributed by atoms with van der Waals surface area (Å²) in [5.74, 6) is 0.875. The minimum Gasteiger partial charge on any atom is -0.381 e. The largest absolute Gasteiger partial charge is 0.381 e. The predicted molar refractivity (Wildman–Crippen MR) is 78.2 cm³/mol. The number of ether oxygens (including phenoxy) is 1. The number of nitrogens with one attached hydrogen (secondary N) is 2. The summed E-state index contributed by atoms with van der Waals surface area (Å²) in [6, 6.07) is 8.67. The van der Waals surface area contributed by atoms with Crippen LogP contribution in [-0.4, -0.2) is 24.7 Å². The summed E-state index contributed by atoms with van der Waals surface area (Å²) in [5, 5.41) is 4.74. The first-order chi connectivity index (χ1) is 9.42. The Balaban J connectivity index is 1.32. The molecule has 0 aliphatic heterocycles. The van der Waals surface area contributed by atoms with Gasteiger partial charge in [0, 0.05) is 31.5 Å². The first kappa shape index (κ1) is 12.7. The van der Waals surface area contributed by atoms with Crippen molar-refractivity contribution in [3.63, 3.8) is 0 Å². The Bertz CT molecular complexity index is 516. The van der Waals surface area contributed by atoms with E-state index in [0.717, 1.165) is 38.6 Å². The Kier molecular flexibility index (Phi) is 4.16. The molecule has 0 unspecified atom stereocenters. The molecule has 1 fully saturated rings. The molecule has 1 aromatic heterocycles. The van der Waals surface area contributed by atoms with Crippen LogP contribution in [0.1, 0.15) is 24.8 Å². The van der Waals surface area contributed by atoms with Crippen LogP contribution in [-0.2, 0) is 11.3 Å². The molecule has 0 bridgehead atoms. The van der Waals surface area contributed by atoms with Crippen molar-refractivity contribution in [2.75, 3.05) is 19.8 Å². The molecule has 1 aliphatic carbocycles. The molecule has 0 spiro atoms. The zero-order chi connectivity index (χ0) is 12.9. The minimum atomic E-state index is 0.875. The Morgan fingerprint density at radius 1 is 1.26 bits per heavy atom. The Labute approximate surface area is 114 Å². The van der Waals surface area contributed by atoms with Gasteiger partial charge in [-0.1, -0.05) is 12.1 Å². The van der Waals surface area contributed by atoms with Crippen LogP contribution in [0.25, 0.3) is 10.9 Å². The SMILES string of the molecule is c1cc2ccc(CNCCCOCC3CC3)cc2[nH]1. The van der Waals surface area contributed by atoms with Gasteiger partial charge in [0.05, 0.1) is 0 Å². The monoisotopic (exact) mass is 258 g/mol. The van der Waals surface area contributed by atoms with E-state index in [2.05, 4.69) is 34.6 Å². The first-order valence-electron chi connectivity index (χ1n) is 7.26. The smallest absolute Gasteiger partial charge is 0.0494 e. The van der Waals surface area contributed by atoms with Gasteiger partial charge in [0.15, 0.2) is 0 Å². The van der Waals surface area contributed by atoms with Crippen molar-refractivity contribution in [3.8, 4) is 0 Å². The van der Waals surface area contributed by atoms with Crippen LogP contribution in [0.5, 0.6) is 0 Å². The fourth-order valence-electron chi connectivity index (χ4n) is 2.27. The average Bonchev–Trinajstić information content (AvgIpc) is 3.13. The van der Waals surface area contributed by atoms with Crippen LogP contribution in [0.2, 0.25) is 0 Å². The Morgan fingerprint density at radius 3 is 3.11 bits per heavy atom. The third-order valence-electron chi connectivity index (χ3n) is 3.64. The summed E-state index contributed by atoms with van der Waals surface area (Å²) in [7, 11) is 0. The minimum absolute atomic E-state index is 0.875. The van der Waals surface area contributed by atoms with E-state index in [4.69, 9.17) is 4.74 Å². The molecular formula is C16H22N2O. The summed E-state index contributed by atoms with van der Waals surface area (Å²) in [6.45, 7) is 3.81. The molecule has 0 atom stereocenters. The molecule has 0 amide bonds. The number of benzene rings is 1. The molecule has 1 heterocycles. The van der Waals surface area contributed by atoms with E-state index in [-0.39, 0.29) is 0 Å². The van der Waals surface area contributed by atoms with Crippen molar-refractivity contribution >= 4 is 10.9 Å². The molecule has 2 N–H and O–H groups in total. The number of aromatic nitrogens is 1. The fourth-order valence-corrected chi connectivity index (χ4v) is 2.27. The van der Waals surface area contributed by atoms with E-state index in [1.807, 2.05) is 6.20 Å². The number of H-pyrrole nitrogens is 1. The topological polar surface area (TPSA) is 37.0 Å². The van der Waals surface area contributed by atoms with Crippen molar-refractivity contribution in [2.45, 2.75) is 25.8 Å². The van der Waals surface area contributed by atoms with E-state index in [0.29, 0.717) is 0 Å². The highest BCUT2D eigenvalue weighted by Crippen LogP contribution is 2.28. The maximum atomic E-state index is 5.61. The third kappa shape index (κ3) is 3.82. The van der Waals surface area contributed by atoms with Gasteiger partial charge in [0.1, 0.15) is 0 Å². The van der Waals surface area contributed by atoms with Crippen LogP contribution >= 0.6 is 0 Å². The van der Waals surface area contributed by atoms with Gasteiger partial charge in [0.2, 0.25) is 0 Å². The molecule has 1 aliphatic rings. The lowest BCUT2D eigenvalue weighted by molar-refractivity contribution is 0.122. The second kappa shape index (κ2) is 6.22. The molecule has 3 nitrogen and oxygen atoms in total. The predicted octanol–water partition coefficient (Wildman–Crippen LogP) is 3.07. The van der Waals surface area contributed by atoms with Crippen molar-refractivity contribution in [1.29, 1.82) is 0 Å². The zero-order valence-corrected chi connectivity index (χ0v) is 11.3. The molecule has 3 heteroatoms. The highest BCUT2D eigenvalue weighted by Gasteiger charge is 2.20. The summed E-state index contributed by atoms with van der Waals surface area (Å²) in [5.41, 5.74) is 2.54. The number of hydrogen-bond acceptors (Lipinski definition) is 2. The van der Waals surface area contributed by atoms with Crippen molar-refractivity contribution < 1.29 is 4.74 Å². The van der Waals surface area contributed by atoms with E-state index in [1.54, 1.807) is 0 Å². The van der Waals surface area contributed by atoms with Crippen LogP contribution in [0.4, 0.5) is 0 Å². The van der Waals surface area contributed by atoms with Crippen molar-refractivity contribution in [3.05, 3.63) is 36.0 Å². The van der Waals surface area contributed by atoms with Crippen LogP contribution in [0, 0.1) is 5.92 Å². The first-order valence-corrected chi connectivity index (χ1v) is 7.26. The Hall–Kier alpha value is -1.32. The number of rotatable bonds is 8. The maximum Gasteiger partial charge on any atom is 0.0494 e. The van der Waals surface area contributed by atoms with Gasteiger partial charge in [-0.15, -0.1) is 0 Å². The Morgan fingerprint density at radius 2 is 2.21 bits per heavy atom. The summed E-state index contributed by atoms with van der Waals surface area (Å²) in [6.07, 6.45) is 5.83. The lowest BCUT2D eigenvalue weighted by atomic mass is 10.1. The standard InChI is InChI=1S/C16H22N2O/c1(9-19-12-13-2-3-13)7-17-11-14-4-5-15-6-8-18-16(15)10-14/h4-6,8,10,13,17-18H,1-3,7,9,11-12H2. The van der Waals surface area contributed by atoms with Crippen molar-refractivity contribution in [2.24, 2.45) is 5.92 Å². The summed E-state index contributed by atoms with van der Waals surface area (Å²) < 4.78 is 5.61. The second-order valence-corrected chi connectivity index (χ2v) is 5.45. The molecule has 19 heavy (non-hydrogen) atoms. The summed E-state index contributed by atoms with van der Waals surface area (Å²) >= 11 is 0. The third-order valence-corrected chi connectivity index (χ3v) is 3.64. The van der Waals surface area contributed by atoms with Crippen LogP contribution in [0.15, 0.2) is 30.5 Å². The lowest BCUT2D eigenvalue weighted by Gasteiger charge is -2.06. The molecule has 102 valence electrons. The van der Waals surface area contributed by atoms with Crippen LogP contribution < -0.4 is 5.32 Å². The van der Waals surface area contributed by atoms with Gasteiger partial charge in [-0.25, -0.2) is 0 Å². The number of aromatic amines is 1. The van der Waals surface area contributed by atoms with Gasteiger partial charge in [-0.05, 0) is 54.8 Å². The highest BCUT2D eigenvalue weighted by molar-refractivity contribution is 5.79. The molecule has 0 radical (unpaired) electrons. The van der Waals surface area contributed by atoms with Gasteiger partial charge in [-0.2, -0.15) is 0 Å². The van der Waals surface area contributed by atoms with Gasteiger partial charge < -0.3 is 15.0 Å². The molecule has 1 saturated carbocycles. The average molecular weight is 258 g/mol. The van der Waals surface area contributed by atoms with E-state index in [9.17, 15) is 0 Å². The second-order valence-electron chi connectivity index (χ2n) is 5.45. The highest BCUT2D eigenvalue weighted by atomic mass is 16.5. The fraction of sp³-hybridized carbons (Fsp3) is 0.500.